The highest BCUT2D eigenvalue weighted by Gasteiger charge is 2.18. The molecule has 3 aromatic rings. The fourth-order valence-electron chi connectivity index (χ4n) is 2.61. The molecule has 1 amide bonds. The van der Waals surface area contributed by atoms with E-state index in [0.29, 0.717) is 29.4 Å². The number of halogens is 1. The van der Waals surface area contributed by atoms with Crippen molar-refractivity contribution in [2.45, 2.75) is 13.0 Å². The van der Waals surface area contributed by atoms with Gasteiger partial charge in [-0.1, -0.05) is 40.2 Å². The van der Waals surface area contributed by atoms with Crippen LogP contribution in [0.2, 0.25) is 0 Å². The maximum atomic E-state index is 12.6. The van der Waals surface area contributed by atoms with Gasteiger partial charge in [-0.15, -0.1) is 0 Å². The Morgan fingerprint density at radius 2 is 1.96 bits per heavy atom. The van der Waals surface area contributed by atoms with Crippen LogP contribution in [-0.4, -0.2) is 30.6 Å². The molecule has 0 aliphatic rings. The Morgan fingerprint density at radius 1 is 1.23 bits per heavy atom. The minimum atomic E-state index is -0.187. The average molecular weight is 415 g/mol. The average Bonchev–Trinajstić information content (AvgIpc) is 3.12. The molecule has 0 fully saturated rings. The molecule has 0 aliphatic carbocycles. The van der Waals surface area contributed by atoms with E-state index < -0.39 is 0 Å². The molecule has 0 saturated carbocycles. The summed E-state index contributed by atoms with van der Waals surface area (Å²) in [6.45, 7) is 2.33. The van der Waals surface area contributed by atoms with Crippen LogP contribution in [0.25, 0.3) is 22.8 Å². The third kappa shape index (κ3) is 4.20. The van der Waals surface area contributed by atoms with Crippen LogP contribution in [0.5, 0.6) is 0 Å². The minimum Gasteiger partial charge on any atom is -0.436 e. The summed E-state index contributed by atoms with van der Waals surface area (Å²) in [5.74, 6) is 0.872. The van der Waals surface area contributed by atoms with Crippen molar-refractivity contribution in [2.24, 2.45) is 0 Å². The van der Waals surface area contributed by atoms with Crippen LogP contribution in [0.15, 0.2) is 63.6 Å². The molecule has 2 aromatic carbocycles. The molecule has 0 bridgehead atoms. The van der Waals surface area contributed by atoms with Gasteiger partial charge in [0.1, 0.15) is 0 Å². The number of amides is 1. The summed E-state index contributed by atoms with van der Waals surface area (Å²) in [5, 5.41) is 2.91. The number of benzene rings is 2. The molecular weight excluding hydrogens is 396 g/mol. The van der Waals surface area contributed by atoms with Crippen molar-refractivity contribution in [1.82, 2.24) is 10.3 Å². The maximum Gasteiger partial charge on any atom is 0.252 e. The summed E-state index contributed by atoms with van der Waals surface area (Å²) in [5.41, 5.74) is 2.08. The number of carbonyl (C=O) groups excluding carboxylic acids is 1. The van der Waals surface area contributed by atoms with Gasteiger partial charge in [-0.05, 0) is 31.2 Å². The molecule has 1 atom stereocenters. The first kappa shape index (κ1) is 18.4. The topological polar surface area (TPSA) is 64.4 Å². The van der Waals surface area contributed by atoms with Gasteiger partial charge in [0.25, 0.3) is 5.91 Å². The molecule has 1 aromatic heterocycles. The van der Waals surface area contributed by atoms with Crippen LogP contribution < -0.4 is 5.32 Å². The number of aromatic nitrogens is 1. The van der Waals surface area contributed by atoms with Gasteiger partial charge in [-0.2, -0.15) is 0 Å². The second kappa shape index (κ2) is 8.29. The van der Waals surface area contributed by atoms with E-state index >= 15 is 0 Å². The number of hydrogen-bond acceptors (Lipinski definition) is 4. The Hall–Kier alpha value is -2.44. The quantitative estimate of drug-likeness (QED) is 0.642. The van der Waals surface area contributed by atoms with Gasteiger partial charge in [0, 0.05) is 28.8 Å². The third-order valence-electron chi connectivity index (χ3n) is 3.83. The van der Waals surface area contributed by atoms with Crippen molar-refractivity contribution in [3.05, 3.63) is 64.8 Å². The number of ether oxygens (including phenoxy) is 1. The van der Waals surface area contributed by atoms with Crippen molar-refractivity contribution < 1.29 is 13.9 Å². The summed E-state index contributed by atoms with van der Waals surface area (Å²) in [7, 11) is 1.60. The second-order valence-corrected chi connectivity index (χ2v) is 6.83. The van der Waals surface area contributed by atoms with Crippen molar-refractivity contribution in [3.8, 4) is 22.8 Å². The lowest BCUT2D eigenvalue weighted by Gasteiger charge is -2.14. The Morgan fingerprint density at radius 3 is 2.69 bits per heavy atom. The van der Waals surface area contributed by atoms with E-state index in [1.54, 1.807) is 19.4 Å². The summed E-state index contributed by atoms with van der Waals surface area (Å²) < 4.78 is 12.0. The fraction of sp³-hybridized carbons (Fsp3) is 0.200. The smallest absolute Gasteiger partial charge is 0.252 e. The number of oxazole rings is 1. The molecule has 0 unspecified atom stereocenters. The van der Waals surface area contributed by atoms with E-state index in [9.17, 15) is 4.79 Å². The normalized spacial score (nSPS) is 12.0. The number of rotatable bonds is 6. The summed E-state index contributed by atoms with van der Waals surface area (Å²) >= 11 is 3.42. The van der Waals surface area contributed by atoms with E-state index in [1.807, 2.05) is 49.4 Å². The Kier molecular flexibility index (Phi) is 5.85. The van der Waals surface area contributed by atoms with Gasteiger partial charge in [0.05, 0.1) is 18.4 Å². The number of methoxy groups -OCH3 is 1. The molecular formula is C20H19BrN2O3. The maximum absolute atomic E-state index is 12.6. The number of nitrogens with one attached hydrogen (secondary N) is 1. The summed E-state index contributed by atoms with van der Waals surface area (Å²) in [6, 6.07) is 14.9. The van der Waals surface area contributed by atoms with Gasteiger partial charge in [-0.3, -0.25) is 4.79 Å². The highest BCUT2D eigenvalue weighted by molar-refractivity contribution is 9.10. The van der Waals surface area contributed by atoms with E-state index in [0.717, 1.165) is 10.0 Å². The van der Waals surface area contributed by atoms with Crippen LogP contribution >= 0.6 is 15.9 Å². The number of nitrogens with zero attached hydrogens (tertiary/aromatic N) is 1. The molecule has 0 radical (unpaired) electrons. The highest BCUT2D eigenvalue weighted by Crippen LogP contribution is 2.29. The SMILES string of the molecule is COC[C@@H](C)NC(=O)c1ccccc1-c1ncc(-c2ccc(Br)cc2)o1. The van der Waals surface area contributed by atoms with Crippen LogP contribution in [-0.2, 0) is 4.74 Å². The van der Waals surface area contributed by atoms with Crippen LogP contribution in [0.4, 0.5) is 0 Å². The predicted octanol–water partition coefficient (Wildman–Crippen LogP) is 4.54. The molecule has 26 heavy (non-hydrogen) atoms. The van der Waals surface area contributed by atoms with E-state index in [1.165, 1.54) is 0 Å². The minimum absolute atomic E-state index is 0.0940. The van der Waals surface area contributed by atoms with Gasteiger partial charge in [0.2, 0.25) is 5.89 Å². The van der Waals surface area contributed by atoms with Crippen LogP contribution in [0.1, 0.15) is 17.3 Å². The summed E-state index contributed by atoms with van der Waals surface area (Å²) in [6.07, 6.45) is 1.67. The first-order chi connectivity index (χ1) is 12.6. The lowest BCUT2D eigenvalue weighted by atomic mass is 10.1. The number of hydrogen-bond donors (Lipinski definition) is 1. The summed E-state index contributed by atoms with van der Waals surface area (Å²) in [4.78, 5) is 17.0. The first-order valence-electron chi connectivity index (χ1n) is 8.19. The monoisotopic (exact) mass is 414 g/mol. The van der Waals surface area contributed by atoms with E-state index in [4.69, 9.17) is 9.15 Å². The second-order valence-electron chi connectivity index (χ2n) is 5.91. The molecule has 0 aliphatic heterocycles. The lowest BCUT2D eigenvalue weighted by molar-refractivity contribution is 0.0906. The molecule has 134 valence electrons. The largest absolute Gasteiger partial charge is 0.436 e. The zero-order chi connectivity index (χ0) is 18.5. The van der Waals surface area contributed by atoms with Gasteiger partial charge in [-0.25, -0.2) is 4.98 Å². The Labute approximate surface area is 160 Å². The van der Waals surface area contributed by atoms with E-state index in [2.05, 4.69) is 26.2 Å². The standard InChI is InChI=1S/C20H19BrN2O3/c1-13(12-25-2)23-19(24)16-5-3-4-6-17(16)20-22-11-18(26-20)14-7-9-15(21)10-8-14/h3-11,13H,12H2,1-2H3,(H,23,24)/t13-/m1/s1. The van der Waals surface area contributed by atoms with Crippen LogP contribution in [0.3, 0.4) is 0 Å². The predicted molar refractivity (Wildman–Crippen MR) is 104 cm³/mol. The molecule has 5 nitrogen and oxygen atoms in total. The number of carbonyl (C=O) groups is 1. The Balaban J connectivity index is 1.88. The molecule has 1 N–H and O–H groups in total. The fourth-order valence-corrected chi connectivity index (χ4v) is 2.87. The zero-order valence-corrected chi connectivity index (χ0v) is 16.1. The molecule has 0 saturated heterocycles. The van der Waals surface area contributed by atoms with E-state index in [-0.39, 0.29) is 11.9 Å². The van der Waals surface area contributed by atoms with Gasteiger partial charge in [0.15, 0.2) is 5.76 Å². The van der Waals surface area contributed by atoms with Gasteiger partial charge < -0.3 is 14.5 Å². The molecule has 0 spiro atoms. The molecule has 6 heteroatoms. The highest BCUT2D eigenvalue weighted by atomic mass is 79.9. The van der Waals surface area contributed by atoms with Crippen molar-refractivity contribution in [1.29, 1.82) is 0 Å². The third-order valence-corrected chi connectivity index (χ3v) is 4.36. The first-order valence-corrected chi connectivity index (χ1v) is 8.98. The molecule has 3 rings (SSSR count). The van der Waals surface area contributed by atoms with Crippen molar-refractivity contribution >= 4 is 21.8 Å². The Bertz CT molecular complexity index is 890. The van der Waals surface area contributed by atoms with Crippen LogP contribution in [0, 0.1) is 0 Å². The van der Waals surface area contributed by atoms with Crippen molar-refractivity contribution in [3.63, 3.8) is 0 Å². The van der Waals surface area contributed by atoms with Gasteiger partial charge >= 0.3 is 0 Å². The zero-order valence-electron chi connectivity index (χ0n) is 14.5. The lowest BCUT2D eigenvalue weighted by Crippen LogP contribution is -2.35. The van der Waals surface area contributed by atoms with Crippen molar-refractivity contribution in [2.75, 3.05) is 13.7 Å². The molecule has 1 heterocycles.